The molecule has 1 aromatic rings. The van der Waals surface area contributed by atoms with E-state index in [1.807, 2.05) is 34.4 Å². The molecule has 0 unspecified atom stereocenters. The van der Waals surface area contributed by atoms with Gasteiger partial charge in [0.05, 0.1) is 5.69 Å². The summed E-state index contributed by atoms with van der Waals surface area (Å²) >= 11 is 0. The zero-order valence-corrected chi connectivity index (χ0v) is 9.59. The highest BCUT2D eigenvalue weighted by molar-refractivity contribution is 5.79. The summed E-state index contributed by atoms with van der Waals surface area (Å²) in [5.41, 5.74) is 10.8. The average Bonchev–Trinajstić information content (AvgIpc) is 2.66. The minimum absolute atomic E-state index is 0.373. The van der Waals surface area contributed by atoms with E-state index in [4.69, 9.17) is 5.73 Å². The molecule has 1 aliphatic heterocycles. The highest BCUT2D eigenvalue weighted by Gasteiger charge is 2.19. The number of nitrogens with two attached hydrogens (primary N) is 1. The van der Waals surface area contributed by atoms with E-state index < -0.39 is 0 Å². The summed E-state index contributed by atoms with van der Waals surface area (Å²) < 4.78 is 0. The lowest BCUT2D eigenvalue weighted by molar-refractivity contribution is 0.195. The molecule has 16 heavy (non-hydrogen) atoms. The third kappa shape index (κ3) is 2.32. The van der Waals surface area contributed by atoms with Gasteiger partial charge < -0.3 is 5.73 Å². The lowest BCUT2D eigenvalue weighted by Gasteiger charge is -2.29. The fraction of sp³-hybridized carbons (Fsp3) is 0.364. The summed E-state index contributed by atoms with van der Waals surface area (Å²) in [4.78, 5) is 4.23. The Bertz CT molecular complexity index is 370. The zero-order chi connectivity index (χ0) is 11.5. The van der Waals surface area contributed by atoms with Crippen LogP contribution in [0.5, 0.6) is 0 Å². The van der Waals surface area contributed by atoms with Crippen LogP contribution in [0.4, 0.5) is 11.4 Å². The van der Waals surface area contributed by atoms with E-state index in [1.54, 1.807) is 6.34 Å². The maximum atomic E-state index is 5.66. The molecule has 1 heterocycles. The Morgan fingerprint density at radius 3 is 2.62 bits per heavy atom. The van der Waals surface area contributed by atoms with Crippen LogP contribution >= 0.6 is 0 Å². The maximum Gasteiger partial charge on any atom is 0.127 e. The summed E-state index contributed by atoms with van der Waals surface area (Å²) in [6.45, 7) is 4.82. The number of nitrogens with zero attached hydrogens (tertiary/aromatic N) is 3. The number of anilines is 2. The van der Waals surface area contributed by atoms with Crippen LogP contribution < -0.4 is 16.2 Å². The molecular formula is C11H17N5. The van der Waals surface area contributed by atoms with Crippen LogP contribution in [0.15, 0.2) is 29.3 Å². The van der Waals surface area contributed by atoms with E-state index in [-0.39, 0.29) is 0 Å². The van der Waals surface area contributed by atoms with Crippen molar-refractivity contribution in [3.05, 3.63) is 24.3 Å². The Labute approximate surface area is 95.5 Å². The maximum absolute atomic E-state index is 5.66. The zero-order valence-electron chi connectivity index (χ0n) is 9.59. The summed E-state index contributed by atoms with van der Waals surface area (Å²) in [6.07, 6.45) is 1.81. The van der Waals surface area contributed by atoms with E-state index in [0.29, 0.717) is 12.7 Å². The van der Waals surface area contributed by atoms with E-state index in [2.05, 4.69) is 24.3 Å². The molecule has 2 rings (SSSR count). The molecule has 0 saturated heterocycles. The Balaban J connectivity index is 2.13. The monoisotopic (exact) mass is 219 g/mol. The van der Waals surface area contributed by atoms with Crippen LogP contribution in [0.3, 0.4) is 0 Å². The molecule has 0 amide bonds. The normalized spacial score (nSPS) is 16.3. The molecule has 0 spiro atoms. The lowest BCUT2D eigenvalue weighted by atomic mass is 10.3. The SMILES string of the molecule is CC(C)NN1CN=CN1c1ccc(N)cc1. The quantitative estimate of drug-likeness (QED) is 0.750. The molecule has 0 radical (unpaired) electrons. The predicted octanol–water partition coefficient (Wildman–Crippen LogP) is 1.20. The second-order valence-corrected chi connectivity index (χ2v) is 4.06. The minimum Gasteiger partial charge on any atom is -0.399 e. The van der Waals surface area contributed by atoms with Gasteiger partial charge in [-0.1, -0.05) is 0 Å². The van der Waals surface area contributed by atoms with Gasteiger partial charge in [-0.3, -0.25) is 4.99 Å². The Morgan fingerprint density at radius 1 is 1.31 bits per heavy atom. The second kappa shape index (κ2) is 4.51. The molecule has 5 nitrogen and oxygen atoms in total. The van der Waals surface area contributed by atoms with Gasteiger partial charge in [-0.05, 0) is 38.1 Å². The van der Waals surface area contributed by atoms with Gasteiger partial charge in [0.1, 0.15) is 13.0 Å². The van der Waals surface area contributed by atoms with E-state index in [1.165, 1.54) is 0 Å². The minimum atomic E-state index is 0.373. The number of hydrazine groups is 2. The molecule has 1 aliphatic rings. The topological polar surface area (TPSA) is 56.9 Å². The first-order valence-electron chi connectivity index (χ1n) is 5.35. The van der Waals surface area contributed by atoms with Gasteiger partial charge in [-0.25, -0.2) is 10.4 Å². The van der Waals surface area contributed by atoms with Crippen molar-refractivity contribution in [2.75, 3.05) is 17.4 Å². The van der Waals surface area contributed by atoms with E-state index >= 15 is 0 Å². The Kier molecular flexibility index (Phi) is 3.07. The van der Waals surface area contributed by atoms with E-state index in [0.717, 1.165) is 11.4 Å². The molecule has 0 saturated carbocycles. The van der Waals surface area contributed by atoms with Crippen LogP contribution in [0.25, 0.3) is 0 Å². The number of nitrogens with one attached hydrogen (secondary N) is 1. The third-order valence-electron chi connectivity index (χ3n) is 2.23. The standard InChI is InChI=1S/C11H17N5/c1-9(2)14-16-8-13-7-15(16)11-5-3-10(12)4-6-11/h3-7,9,14H,8,12H2,1-2H3. The first-order chi connectivity index (χ1) is 7.66. The highest BCUT2D eigenvalue weighted by Crippen LogP contribution is 2.18. The van der Waals surface area contributed by atoms with Crippen molar-refractivity contribution in [1.29, 1.82) is 0 Å². The first-order valence-corrected chi connectivity index (χ1v) is 5.35. The van der Waals surface area contributed by atoms with Crippen LogP contribution in [-0.4, -0.2) is 24.2 Å². The van der Waals surface area contributed by atoms with Gasteiger partial charge in [0, 0.05) is 11.7 Å². The van der Waals surface area contributed by atoms with Crippen molar-refractivity contribution < 1.29 is 0 Å². The van der Waals surface area contributed by atoms with Crippen molar-refractivity contribution in [1.82, 2.24) is 10.5 Å². The van der Waals surface area contributed by atoms with Gasteiger partial charge in [-0.15, -0.1) is 5.12 Å². The Hall–Kier alpha value is -1.59. The molecule has 0 atom stereocenters. The van der Waals surface area contributed by atoms with Gasteiger partial charge >= 0.3 is 0 Å². The van der Waals surface area contributed by atoms with Crippen molar-refractivity contribution in [2.45, 2.75) is 19.9 Å². The van der Waals surface area contributed by atoms with Crippen LogP contribution in [0, 0.1) is 0 Å². The smallest absolute Gasteiger partial charge is 0.127 e. The number of rotatable bonds is 3. The summed E-state index contributed by atoms with van der Waals surface area (Å²) in [7, 11) is 0. The number of aliphatic imine (C=N–C) groups is 1. The highest BCUT2D eigenvalue weighted by atomic mass is 15.8. The molecular weight excluding hydrogens is 202 g/mol. The molecule has 86 valence electrons. The van der Waals surface area contributed by atoms with Gasteiger partial charge in [0.25, 0.3) is 0 Å². The predicted molar refractivity (Wildman–Crippen MR) is 66.8 cm³/mol. The molecule has 0 bridgehead atoms. The average molecular weight is 219 g/mol. The van der Waals surface area contributed by atoms with Crippen molar-refractivity contribution >= 4 is 17.7 Å². The fourth-order valence-corrected chi connectivity index (χ4v) is 1.56. The van der Waals surface area contributed by atoms with Crippen LogP contribution in [0.2, 0.25) is 0 Å². The van der Waals surface area contributed by atoms with Crippen molar-refractivity contribution in [2.24, 2.45) is 4.99 Å². The first kappa shape index (κ1) is 10.9. The molecule has 1 aromatic carbocycles. The van der Waals surface area contributed by atoms with Gasteiger partial charge in [0.15, 0.2) is 0 Å². The second-order valence-electron chi connectivity index (χ2n) is 4.06. The van der Waals surface area contributed by atoms with Crippen molar-refractivity contribution in [3.63, 3.8) is 0 Å². The molecule has 3 N–H and O–H groups in total. The number of nitrogen functional groups attached to an aromatic ring is 1. The van der Waals surface area contributed by atoms with Gasteiger partial charge in [-0.2, -0.15) is 0 Å². The van der Waals surface area contributed by atoms with E-state index in [9.17, 15) is 0 Å². The molecule has 0 aromatic heterocycles. The largest absolute Gasteiger partial charge is 0.399 e. The summed E-state index contributed by atoms with van der Waals surface area (Å²) in [6, 6.07) is 8.09. The number of hydrogen-bond donors (Lipinski definition) is 2. The number of hydrogen-bond acceptors (Lipinski definition) is 5. The number of benzene rings is 1. The third-order valence-corrected chi connectivity index (χ3v) is 2.23. The molecule has 0 aliphatic carbocycles. The van der Waals surface area contributed by atoms with Gasteiger partial charge in [0.2, 0.25) is 0 Å². The van der Waals surface area contributed by atoms with Crippen LogP contribution in [-0.2, 0) is 0 Å². The molecule has 0 fully saturated rings. The van der Waals surface area contributed by atoms with Crippen molar-refractivity contribution in [3.8, 4) is 0 Å². The summed E-state index contributed by atoms with van der Waals surface area (Å²) in [5, 5.41) is 3.94. The molecule has 5 heteroatoms. The lowest BCUT2D eigenvalue weighted by Crippen LogP contribution is -2.50. The van der Waals surface area contributed by atoms with Crippen LogP contribution in [0.1, 0.15) is 13.8 Å². The summed E-state index contributed by atoms with van der Waals surface area (Å²) in [5.74, 6) is 0. The Morgan fingerprint density at radius 2 is 2.00 bits per heavy atom. The fourth-order valence-electron chi connectivity index (χ4n) is 1.56.